The molecule has 2 atom stereocenters. The summed E-state index contributed by atoms with van der Waals surface area (Å²) in [6, 6.07) is 0. The van der Waals surface area contributed by atoms with E-state index >= 15 is 0 Å². The molecule has 1 aliphatic rings. The van der Waals surface area contributed by atoms with Gasteiger partial charge in [-0.3, -0.25) is 4.79 Å². The number of rotatable bonds is 3. The van der Waals surface area contributed by atoms with Gasteiger partial charge in [0.25, 0.3) is 0 Å². The van der Waals surface area contributed by atoms with E-state index in [2.05, 4.69) is 4.89 Å². The van der Waals surface area contributed by atoms with Crippen molar-refractivity contribution in [2.75, 3.05) is 0 Å². The van der Waals surface area contributed by atoms with Crippen molar-refractivity contribution in [2.45, 2.75) is 26.7 Å². The highest BCUT2D eigenvalue weighted by Gasteiger charge is 2.53. The molecule has 0 amide bonds. The van der Waals surface area contributed by atoms with E-state index in [1.807, 2.05) is 13.8 Å². The molecule has 1 aliphatic carbocycles. The molecule has 5 nitrogen and oxygen atoms in total. The minimum atomic E-state index is -0.862. The van der Waals surface area contributed by atoms with Gasteiger partial charge in [0.1, 0.15) is 0 Å². The Bertz CT molecular complexity index is 258. The number of carbonyl (C=O) groups is 2. The Morgan fingerprint density at radius 3 is 2.43 bits per heavy atom. The number of hydrogen-bond acceptors (Lipinski definition) is 4. The molecule has 1 fully saturated rings. The van der Waals surface area contributed by atoms with E-state index in [0.29, 0.717) is 6.42 Å². The van der Waals surface area contributed by atoms with Crippen LogP contribution in [0.4, 0.5) is 0 Å². The summed E-state index contributed by atoms with van der Waals surface area (Å²) in [4.78, 5) is 25.1. The molecular formula is C9H14O5. The second kappa shape index (κ2) is 3.57. The van der Waals surface area contributed by atoms with Crippen molar-refractivity contribution in [3.05, 3.63) is 0 Å². The first-order valence-corrected chi connectivity index (χ1v) is 4.46. The normalized spacial score (nSPS) is 29.1. The van der Waals surface area contributed by atoms with Crippen LogP contribution >= 0.6 is 0 Å². The van der Waals surface area contributed by atoms with E-state index in [1.54, 1.807) is 0 Å². The Kier molecular flexibility index (Phi) is 2.80. The van der Waals surface area contributed by atoms with Crippen LogP contribution in [0.25, 0.3) is 0 Å². The van der Waals surface area contributed by atoms with Crippen LogP contribution in [0.3, 0.4) is 0 Å². The van der Waals surface area contributed by atoms with Crippen molar-refractivity contribution in [2.24, 2.45) is 17.3 Å². The molecule has 1 rings (SSSR count). The van der Waals surface area contributed by atoms with Crippen LogP contribution < -0.4 is 0 Å². The van der Waals surface area contributed by atoms with Crippen LogP contribution in [0.5, 0.6) is 0 Å². The molecule has 0 bridgehead atoms. The Hall–Kier alpha value is -1.10. The molecule has 0 aromatic carbocycles. The van der Waals surface area contributed by atoms with E-state index in [1.165, 1.54) is 0 Å². The van der Waals surface area contributed by atoms with E-state index in [4.69, 9.17) is 10.4 Å². The number of aliphatic carboxylic acids is 1. The average molecular weight is 202 g/mol. The van der Waals surface area contributed by atoms with Gasteiger partial charge >= 0.3 is 11.9 Å². The van der Waals surface area contributed by atoms with Gasteiger partial charge in [0.2, 0.25) is 0 Å². The Balaban J connectivity index is 2.58. The highest BCUT2D eigenvalue weighted by Crippen LogP contribution is 2.53. The summed E-state index contributed by atoms with van der Waals surface area (Å²) in [5, 5.41) is 16.8. The topological polar surface area (TPSA) is 83.8 Å². The molecule has 5 heteroatoms. The van der Waals surface area contributed by atoms with Crippen molar-refractivity contribution in [3.8, 4) is 0 Å². The summed E-state index contributed by atoms with van der Waals surface area (Å²) < 4.78 is 0. The second-order valence-electron chi connectivity index (χ2n) is 4.31. The second-order valence-corrected chi connectivity index (χ2v) is 4.31. The van der Waals surface area contributed by atoms with Gasteiger partial charge < -0.3 is 9.99 Å². The van der Waals surface area contributed by atoms with Gasteiger partial charge in [-0.15, -0.1) is 0 Å². The van der Waals surface area contributed by atoms with Crippen LogP contribution in [0, 0.1) is 17.3 Å². The first kappa shape index (κ1) is 11.0. The molecule has 0 radical (unpaired) electrons. The van der Waals surface area contributed by atoms with Gasteiger partial charge in [-0.1, -0.05) is 13.8 Å². The van der Waals surface area contributed by atoms with Crippen molar-refractivity contribution < 1.29 is 24.8 Å². The highest BCUT2D eigenvalue weighted by atomic mass is 17.1. The Labute approximate surface area is 81.6 Å². The maximum atomic E-state index is 11.0. The zero-order chi connectivity index (χ0) is 10.9. The lowest BCUT2D eigenvalue weighted by atomic mass is 9.54. The molecule has 0 spiro atoms. The van der Waals surface area contributed by atoms with Crippen LogP contribution in [0.15, 0.2) is 0 Å². The molecule has 0 aromatic heterocycles. The minimum absolute atomic E-state index is 0.0240. The fourth-order valence-corrected chi connectivity index (χ4v) is 2.04. The van der Waals surface area contributed by atoms with Crippen molar-refractivity contribution >= 4 is 11.9 Å². The van der Waals surface area contributed by atoms with E-state index in [0.717, 1.165) is 0 Å². The summed E-state index contributed by atoms with van der Waals surface area (Å²) in [5.74, 6) is -1.95. The molecule has 80 valence electrons. The highest BCUT2D eigenvalue weighted by molar-refractivity contribution is 5.75. The smallest absolute Gasteiger partial charge is 0.345 e. The number of carboxylic acids is 1. The maximum absolute atomic E-state index is 11.0. The molecule has 2 unspecified atom stereocenters. The number of hydrogen-bond donors (Lipinski definition) is 2. The third-order valence-corrected chi connectivity index (χ3v) is 3.27. The Morgan fingerprint density at radius 1 is 1.50 bits per heavy atom. The van der Waals surface area contributed by atoms with Crippen molar-refractivity contribution in [3.63, 3.8) is 0 Å². The Morgan fingerprint density at radius 2 is 2.07 bits per heavy atom. The summed E-state index contributed by atoms with van der Waals surface area (Å²) in [7, 11) is 0. The third-order valence-electron chi connectivity index (χ3n) is 3.27. The summed E-state index contributed by atoms with van der Waals surface area (Å²) >= 11 is 0. The lowest BCUT2D eigenvalue weighted by Crippen LogP contribution is -2.49. The van der Waals surface area contributed by atoms with Gasteiger partial charge in [-0.2, -0.15) is 5.26 Å². The summed E-state index contributed by atoms with van der Waals surface area (Å²) in [5.41, 5.74) is -0.405. The standard InChI is InChI=1S/C9H14O5/c1-9(2)5(4-7(10)11)3-6(9)8(12)14-13/h5-6,13H,3-4H2,1-2H3,(H,10,11). The number of carbonyl (C=O) groups excluding carboxylic acids is 1. The first-order valence-electron chi connectivity index (χ1n) is 4.46. The number of carboxylic acid groups (broad SMARTS) is 1. The largest absolute Gasteiger partial charge is 0.481 e. The molecule has 1 saturated carbocycles. The molecule has 14 heavy (non-hydrogen) atoms. The SMILES string of the molecule is CC1(C)C(CC(=O)O)CC1C(=O)OO. The molecule has 0 aromatic rings. The fraction of sp³-hybridized carbons (Fsp3) is 0.778. The zero-order valence-electron chi connectivity index (χ0n) is 8.19. The van der Waals surface area contributed by atoms with Crippen LogP contribution in [0.1, 0.15) is 26.7 Å². The molecule has 2 N–H and O–H groups in total. The zero-order valence-corrected chi connectivity index (χ0v) is 8.19. The minimum Gasteiger partial charge on any atom is -0.481 e. The lowest BCUT2D eigenvalue weighted by molar-refractivity contribution is -0.250. The van der Waals surface area contributed by atoms with E-state index < -0.39 is 23.3 Å². The van der Waals surface area contributed by atoms with Gasteiger partial charge in [0.05, 0.1) is 5.92 Å². The first-order chi connectivity index (χ1) is 6.39. The van der Waals surface area contributed by atoms with Gasteiger partial charge in [-0.05, 0) is 17.8 Å². The van der Waals surface area contributed by atoms with Crippen LogP contribution in [0.2, 0.25) is 0 Å². The van der Waals surface area contributed by atoms with Gasteiger partial charge in [-0.25, -0.2) is 4.79 Å². The van der Waals surface area contributed by atoms with Gasteiger partial charge in [0, 0.05) is 6.42 Å². The fourth-order valence-electron chi connectivity index (χ4n) is 2.04. The quantitative estimate of drug-likeness (QED) is 0.529. The molecule has 0 saturated heterocycles. The summed E-state index contributed by atoms with van der Waals surface area (Å²) in [6.07, 6.45) is 0.529. The third kappa shape index (κ3) is 1.72. The lowest BCUT2D eigenvalue weighted by Gasteiger charge is -2.49. The molecular weight excluding hydrogens is 188 g/mol. The maximum Gasteiger partial charge on any atom is 0.345 e. The van der Waals surface area contributed by atoms with Gasteiger partial charge in [0.15, 0.2) is 0 Å². The molecule has 0 heterocycles. The predicted molar refractivity (Wildman–Crippen MR) is 46.4 cm³/mol. The average Bonchev–Trinajstić information content (AvgIpc) is 2.10. The monoisotopic (exact) mass is 202 g/mol. The molecule has 0 aliphatic heterocycles. The summed E-state index contributed by atoms with van der Waals surface area (Å²) in [6.45, 7) is 3.62. The predicted octanol–water partition coefficient (Wildman–Crippen LogP) is 1.14. The van der Waals surface area contributed by atoms with Crippen LogP contribution in [-0.2, 0) is 14.5 Å². The van der Waals surface area contributed by atoms with Crippen LogP contribution in [-0.4, -0.2) is 22.3 Å². The van der Waals surface area contributed by atoms with Crippen molar-refractivity contribution in [1.82, 2.24) is 0 Å². The van der Waals surface area contributed by atoms with Crippen molar-refractivity contribution in [1.29, 1.82) is 0 Å². The van der Waals surface area contributed by atoms with E-state index in [9.17, 15) is 9.59 Å². The van der Waals surface area contributed by atoms with E-state index in [-0.39, 0.29) is 12.3 Å².